The molecule has 2 aliphatic rings. The topological polar surface area (TPSA) is 52.6 Å². The van der Waals surface area contributed by atoms with Crippen molar-refractivity contribution in [1.29, 1.82) is 0 Å². The van der Waals surface area contributed by atoms with Crippen molar-refractivity contribution in [2.75, 3.05) is 49.1 Å². The molecule has 3 heterocycles. The minimum atomic E-state index is 0.247. The summed E-state index contributed by atoms with van der Waals surface area (Å²) in [4.78, 5) is 28.0. The monoisotopic (exact) mass is 365 g/mol. The summed E-state index contributed by atoms with van der Waals surface area (Å²) in [6.07, 6.45) is 2.31. The van der Waals surface area contributed by atoms with Gasteiger partial charge >= 0.3 is 0 Å². The fraction of sp³-hybridized carbons (Fsp3) is 0.476. The highest BCUT2D eigenvalue weighted by Gasteiger charge is 2.32. The molecule has 1 unspecified atom stereocenters. The van der Waals surface area contributed by atoms with Crippen LogP contribution in [0.5, 0.6) is 0 Å². The van der Waals surface area contributed by atoms with Crippen LogP contribution in [-0.4, -0.2) is 60.0 Å². The number of para-hydroxylation sites is 1. The lowest BCUT2D eigenvalue weighted by atomic mass is 10.1. The molecule has 1 aromatic carbocycles. The van der Waals surface area contributed by atoms with Crippen LogP contribution in [0.1, 0.15) is 17.7 Å². The Balaban J connectivity index is 1.32. The molecule has 0 aliphatic carbocycles. The summed E-state index contributed by atoms with van der Waals surface area (Å²) in [7, 11) is 0. The number of aryl methyl sites for hydroxylation is 1. The number of amides is 1. The van der Waals surface area contributed by atoms with Gasteiger partial charge in [0.1, 0.15) is 12.1 Å². The van der Waals surface area contributed by atoms with Crippen LogP contribution in [-0.2, 0) is 4.79 Å². The highest BCUT2D eigenvalue weighted by molar-refractivity contribution is 5.95. The molecule has 1 atom stereocenters. The van der Waals surface area contributed by atoms with Crippen LogP contribution in [0, 0.1) is 19.8 Å². The second-order valence-corrected chi connectivity index (χ2v) is 7.61. The SMILES string of the molecule is Cc1ncnc(N2CCN(CC3CC(=O)N(c4ccccc4)C3)CC2)c1C. The molecule has 2 aliphatic heterocycles. The van der Waals surface area contributed by atoms with E-state index in [9.17, 15) is 4.79 Å². The molecular formula is C21H27N5O. The number of piperazine rings is 1. The Bertz CT molecular complexity index is 801. The highest BCUT2D eigenvalue weighted by atomic mass is 16.2. The number of hydrogen-bond acceptors (Lipinski definition) is 5. The molecule has 2 saturated heterocycles. The van der Waals surface area contributed by atoms with Gasteiger partial charge in [0.05, 0.1) is 0 Å². The largest absolute Gasteiger partial charge is 0.354 e. The maximum absolute atomic E-state index is 12.4. The summed E-state index contributed by atoms with van der Waals surface area (Å²) in [6, 6.07) is 10.0. The molecule has 1 aromatic heterocycles. The Labute approximate surface area is 160 Å². The first-order valence-corrected chi connectivity index (χ1v) is 9.72. The molecule has 0 spiro atoms. The number of anilines is 2. The average Bonchev–Trinajstić information content (AvgIpc) is 3.05. The van der Waals surface area contributed by atoms with Crippen LogP contribution in [0.25, 0.3) is 0 Å². The lowest BCUT2D eigenvalue weighted by Crippen LogP contribution is -2.48. The fourth-order valence-corrected chi connectivity index (χ4v) is 4.11. The van der Waals surface area contributed by atoms with Gasteiger partial charge in [0, 0.05) is 62.6 Å². The number of nitrogens with zero attached hydrogens (tertiary/aromatic N) is 5. The Morgan fingerprint density at radius 3 is 2.52 bits per heavy atom. The van der Waals surface area contributed by atoms with Crippen molar-refractivity contribution in [2.45, 2.75) is 20.3 Å². The summed E-state index contributed by atoms with van der Waals surface area (Å²) in [5, 5.41) is 0. The number of hydrogen-bond donors (Lipinski definition) is 0. The van der Waals surface area contributed by atoms with Gasteiger partial charge < -0.3 is 9.80 Å². The van der Waals surface area contributed by atoms with Crippen molar-refractivity contribution < 1.29 is 4.79 Å². The summed E-state index contributed by atoms with van der Waals surface area (Å²) < 4.78 is 0. The minimum absolute atomic E-state index is 0.247. The van der Waals surface area contributed by atoms with Crippen LogP contribution >= 0.6 is 0 Å². The van der Waals surface area contributed by atoms with Gasteiger partial charge in [-0.25, -0.2) is 9.97 Å². The van der Waals surface area contributed by atoms with Crippen LogP contribution < -0.4 is 9.80 Å². The van der Waals surface area contributed by atoms with Crippen molar-refractivity contribution in [3.63, 3.8) is 0 Å². The summed E-state index contributed by atoms with van der Waals surface area (Å²) in [5.41, 5.74) is 3.24. The normalized spacial score (nSPS) is 21.1. The second kappa shape index (κ2) is 7.64. The first-order chi connectivity index (χ1) is 13.1. The quantitative estimate of drug-likeness (QED) is 0.832. The van der Waals surface area contributed by atoms with E-state index >= 15 is 0 Å². The Morgan fingerprint density at radius 1 is 1.04 bits per heavy atom. The minimum Gasteiger partial charge on any atom is -0.354 e. The van der Waals surface area contributed by atoms with Gasteiger partial charge in [0.15, 0.2) is 0 Å². The Morgan fingerprint density at radius 2 is 1.78 bits per heavy atom. The number of carbonyl (C=O) groups is 1. The van der Waals surface area contributed by atoms with Gasteiger partial charge in [-0.15, -0.1) is 0 Å². The Hall–Kier alpha value is -2.47. The molecule has 0 bridgehead atoms. The van der Waals surface area contributed by atoms with E-state index in [1.807, 2.05) is 42.2 Å². The van der Waals surface area contributed by atoms with Gasteiger partial charge in [0.25, 0.3) is 0 Å². The van der Waals surface area contributed by atoms with E-state index in [-0.39, 0.29) is 5.91 Å². The van der Waals surface area contributed by atoms with Gasteiger partial charge in [0.2, 0.25) is 5.91 Å². The van der Waals surface area contributed by atoms with Crippen molar-refractivity contribution >= 4 is 17.4 Å². The molecular weight excluding hydrogens is 338 g/mol. The third-order valence-corrected chi connectivity index (χ3v) is 5.77. The van der Waals surface area contributed by atoms with Gasteiger partial charge in [-0.2, -0.15) is 0 Å². The lowest BCUT2D eigenvalue weighted by Gasteiger charge is -2.37. The smallest absolute Gasteiger partial charge is 0.227 e. The molecule has 6 heteroatoms. The molecule has 4 rings (SSSR count). The third-order valence-electron chi connectivity index (χ3n) is 5.77. The molecule has 2 aromatic rings. The summed E-state index contributed by atoms with van der Waals surface area (Å²) in [6.45, 7) is 9.92. The molecule has 0 saturated carbocycles. The van der Waals surface area contributed by atoms with E-state index in [0.717, 1.165) is 56.5 Å². The standard InChI is InChI=1S/C21H27N5O/c1-16-17(2)22-15-23-21(16)25-10-8-24(9-11-25)13-18-12-20(27)26(14-18)19-6-4-3-5-7-19/h3-7,15,18H,8-14H2,1-2H3. The number of rotatable bonds is 4. The second-order valence-electron chi connectivity index (χ2n) is 7.61. The maximum atomic E-state index is 12.4. The number of benzene rings is 1. The summed E-state index contributed by atoms with van der Waals surface area (Å²) in [5.74, 6) is 1.72. The summed E-state index contributed by atoms with van der Waals surface area (Å²) >= 11 is 0. The zero-order valence-electron chi connectivity index (χ0n) is 16.1. The first kappa shape index (κ1) is 17.9. The molecule has 0 radical (unpaired) electrons. The molecule has 0 N–H and O–H groups in total. The first-order valence-electron chi connectivity index (χ1n) is 9.72. The van der Waals surface area contributed by atoms with E-state index < -0.39 is 0 Å². The molecule has 142 valence electrons. The van der Waals surface area contributed by atoms with Crippen molar-refractivity contribution in [3.8, 4) is 0 Å². The van der Waals surface area contributed by atoms with Crippen LogP contribution in [0.2, 0.25) is 0 Å². The van der Waals surface area contributed by atoms with Gasteiger partial charge in [-0.3, -0.25) is 9.69 Å². The van der Waals surface area contributed by atoms with E-state index in [2.05, 4.69) is 26.7 Å². The van der Waals surface area contributed by atoms with Gasteiger partial charge in [-0.05, 0) is 31.9 Å². The molecule has 6 nitrogen and oxygen atoms in total. The van der Waals surface area contributed by atoms with Gasteiger partial charge in [-0.1, -0.05) is 18.2 Å². The van der Waals surface area contributed by atoms with Crippen molar-refractivity contribution in [2.24, 2.45) is 5.92 Å². The van der Waals surface area contributed by atoms with E-state index in [0.29, 0.717) is 12.3 Å². The van der Waals surface area contributed by atoms with Crippen molar-refractivity contribution in [3.05, 3.63) is 47.9 Å². The fourth-order valence-electron chi connectivity index (χ4n) is 4.11. The van der Waals surface area contributed by atoms with Crippen LogP contribution in [0.15, 0.2) is 36.7 Å². The van der Waals surface area contributed by atoms with Crippen LogP contribution in [0.4, 0.5) is 11.5 Å². The molecule has 1 amide bonds. The number of carbonyl (C=O) groups excluding carboxylic acids is 1. The van der Waals surface area contributed by atoms with Crippen molar-refractivity contribution in [1.82, 2.24) is 14.9 Å². The predicted molar refractivity (Wildman–Crippen MR) is 107 cm³/mol. The number of aromatic nitrogens is 2. The average molecular weight is 365 g/mol. The zero-order valence-corrected chi connectivity index (χ0v) is 16.1. The van der Waals surface area contributed by atoms with Crippen LogP contribution in [0.3, 0.4) is 0 Å². The predicted octanol–water partition coefficient (Wildman–Crippen LogP) is 2.27. The van der Waals surface area contributed by atoms with E-state index in [4.69, 9.17) is 0 Å². The van der Waals surface area contributed by atoms with E-state index in [1.165, 1.54) is 5.56 Å². The third kappa shape index (κ3) is 3.81. The lowest BCUT2D eigenvalue weighted by molar-refractivity contribution is -0.117. The molecule has 27 heavy (non-hydrogen) atoms. The zero-order chi connectivity index (χ0) is 18.8. The Kier molecular flexibility index (Phi) is 5.07. The highest BCUT2D eigenvalue weighted by Crippen LogP contribution is 2.26. The van der Waals surface area contributed by atoms with E-state index in [1.54, 1.807) is 6.33 Å². The molecule has 2 fully saturated rings. The maximum Gasteiger partial charge on any atom is 0.227 e.